The van der Waals surface area contributed by atoms with E-state index in [0.29, 0.717) is 11.8 Å². The summed E-state index contributed by atoms with van der Waals surface area (Å²) in [7, 11) is -3.94. The Morgan fingerprint density at radius 3 is 1.87 bits per heavy atom. The summed E-state index contributed by atoms with van der Waals surface area (Å²) < 4.78 is 64.9. The third-order valence-electron chi connectivity index (χ3n) is 7.35. The van der Waals surface area contributed by atoms with Gasteiger partial charge in [0.15, 0.2) is 0 Å². The van der Waals surface area contributed by atoms with E-state index in [1.165, 1.54) is 20.3 Å². The predicted octanol–water partition coefficient (Wildman–Crippen LogP) is 4.19. The van der Waals surface area contributed by atoms with Gasteiger partial charge in [-0.05, 0) is 93.9 Å². The summed E-state index contributed by atoms with van der Waals surface area (Å²) in [5.41, 5.74) is -2.34. The highest BCUT2D eigenvalue weighted by Gasteiger charge is 2.50. The minimum absolute atomic E-state index is 0.0285. The molecule has 0 spiro atoms. The lowest BCUT2D eigenvalue weighted by molar-refractivity contribution is -0.137. The van der Waals surface area contributed by atoms with E-state index < -0.39 is 33.2 Å². The van der Waals surface area contributed by atoms with Gasteiger partial charge in [0, 0.05) is 6.04 Å². The van der Waals surface area contributed by atoms with Crippen LogP contribution >= 0.6 is 0 Å². The van der Waals surface area contributed by atoms with Gasteiger partial charge in [-0.15, -0.1) is 0 Å². The van der Waals surface area contributed by atoms with Crippen LogP contribution < -0.4 is 9.62 Å². The summed E-state index contributed by atoms with van der Waals surface area (Å²) in [6.45, 7) is 2.99. The molecule has 4 aliphatic rings. The molecular formula is C22H29F3N2O3S. The first kappa shape index (κ1) is 22.4. The van der Waals surface area contributed by atoms with Crippen LogP contribution in [0.3, 0.4) is 0 Å². The summed E-state index contributed by atoms with van der Waals surface area (Å²) in [4.78, 5) is 13.3. The number of amides is 1. The topological polar surface area (TPSA) is 66.5 Å². The van der Waals surface area contributed by atoms with Crippen molar-refractivity contribution >= 4 is 21.6 Å². The number of halogens is 3. The molecule has 0 saturated heterocycles. The van der Waals surface area contributed by atoms with Gasteiger partial charge in [0.2, 0.25) is 15.9 Å². The second-order valence-corrected chi connectivity index (χ2v) is 11.9. The fraction of sp³-hybridized carbons (Fsp3) is 0.682. The van der Waals surface area contributed by atoms with Crippen molar-refractivity contribution in [3.8, 4) is 0 Å². The molecule has 0 heterocycles. The summed E-state index contributed by atoms with van der Waals surface area (Å²) in [5, 5.41) is 3.14. The molecule has 1 aromatic rings. The quantitative estimate of drug-likeness (QED) is 0.720. The third-order valence-corrected chi connectivity index (χ3v) is 8.68. The average molecular weight is 459 g/mol. The van der Waals surface area contributed by atoms with E-state index >= 15 is 0 Å². The molecule has 0 radical (unpaired) electrons. The minimum atomic E-state index is -4.53. The number of sulfonamides is 1. The van der Waals surface area contributed by atoms with Crippen LogP contribution in [0.2, 0.25) is 0 Å². The van der Waals surface area contributed by atoms with E-state index in [2.05, 4.69) is 5.32 Å². The van der Waals surface area contributed by atoms with Crippen molar-refractivity contribution in [2.75, 3.05) is 10.6 Å². The molecule has 9 heteroatoms. The summed E-state index contributed by atoms with van der Waals surface area (Å²) in [6.07, 6.45) is 2.14. The Labute approximate surface area is 181 Å². The SMILES string of the molecule is CC(C)(C(=O)NC1C2CC3CC(C2)CC1C3)N(c1ccc(C(F)(F)F)cc1)S(C)(=O)=O. The number of carbonyl (C=O) groups is 1. The van der Waals surface area contributed by atoms with Crippen molar-refractivity contribution in [2.45, 2.75) is 63.7 Å². The van der Waals surface area contributed by atoms with Gasteiger partial charge in [-0.2, -0.15) is 13.2 Å². The Balaban J connectivity index is 1.58. The lowest BCUT2D eigenvalue weighted by Crippen LogP contribution is -2.63. The molecule has 4 fully saturated rings. The average Bonchev–Trinajstić information content (AvgIpc) is 2.62. The Hall–Kier alpha value is -1.77. The van der Waals surface area contributed by atoms with Gasteiger partial charge in [-0.25, -0.2) is 8.42 Å². The Bertz CT molecular complexity index is 929. The van der Waals surface area contributed by atoms with Crippen LogP contribution in [-0.2, 0) is 21.0 Å². The fourth-order valence-corrected chi connectivity index (χ4v) is 7.71. The zero-order chi connectivity index (χ0) is 22.8. The maximum absolute atomic E-state index is 13.3. The molecule has 4 bridgehead atoms. The number of hydrogen-bond donors (Lipinski definition) is 1. The van der Waals surface area contributed by atoms with E-state index in [-0.39, 0.29) is 11.7 Å². The molecule has 172 valence electrons. The maximum Gasteiger partial charge on any atom is 0.416 e. The molecule has 0 unspecified atom stereocenters. The number of carbonyl (C=O) groups excluding carboxylic acids is 1. The molecule has 0 atom stereocenters. The van der Waals surface area contributed by atoms with Crippen molar-refractivity contribution in [3.05, 3.63) is 29.8 Å². The Morgan fingerprint density at radius 2 is 1.45 bits per heavy atom. The van der Waals surface area contributed by atoms with Gasteiger partial charge in [0.25, 0.3) is 0 Å². The van der Waals surface area contributed by atoms with Crippen LogP contribution in [0.15, 0.2) is 24.3 Å². The lowest BCUT2D eigenvalue weighted by Gasteiger charge is -2.55. The summed E-state index contributed by atoms with van der Waals surface area (Å²) in [5.74, 6) is 1.91. The third kappa shape index (κ3) is 4.17. The van der Waals surface area contributed by atoms with Crippen LogP contribution in [-0.4, -0.2) is 32.2 Å². The molecule has 5 nitrogen and oxygen atoms in total. The van der Waals surface area contributed by atoms with E-state index in [4.69, 9.17) is 0 Å². The number of nitrogens with zero attached hydrogens (tertiary/aromatic N) is 1. The van der Waals surface area contributed by atoms with Gasteiger partial charge in [-0.3, -0.25) is 9.10 Å². The molecule has 0 aliphatic heterocycles. The van der Waals surface area contributed by atoms with Gasteiger partial charge in [0.05, 0.1) is 17.5 Å². The standard InChI is InChI=1S/C22H29F3N2O3S/c1-21(2,20(28)26-19-15-9-13-8-14(11-15)12-16(19)10-13)27(31(3,29)30)18-6-4-17(5-7-18)22(23,24)25/h4-7,13-16,19H,8-12H2,1-3H3,(H,26,28). The first-order valence-corrected chi connectivity index (χ1v) is 12.6. The Kier molecular flexibility index (Phi) is 5.34. The number of hydrogen-bond acceptors (Lipinski definition) is 3. The monoisotopic (exact) mass is 458 g/mol. The van der Waals surface area contributed by atoms with Crippen molar-refractivity contribution < 1.29 is 26.4 Å². The van der Waals surface area contributed by atoms with E-state index in [0.717, 1.165) is 72.3 Å². The van der Waals surface area contributed by atoms with Gasteiger partial charge < -0.3 is 5.32 Å². The first-order valence-electron chi connectivity index (χ1n) is 10.8. The highest BCUT2D eigenvalue weighted by molar-refractivity contribution is 7.92. The van der Waals surface area contributed by atoms with Crippen LogP contribution in [0.25, 0.3) is 0 Å². The van der Waals surface area contributed by atoms with E-state index in [1.807, 2.05) is 0 Å². The van der Waals surface area contributed by atoms with Crippen molar-refractivity contribution in [3.63, 3.8) is 0 Å². The second kappa shape index (κ2) is 7.39. The fourth-order valence-electron chi connectivity index (χ4n) is 6.30. The molecule has 4 saturated carbocycles. The predicted molar refractivity (Wildman–Crippen MR) is 112 cm³/mol. The first-order chi connectivity index (χ1) is 14.3. The lowest BCUT2D eigenvalue weighted by atomic mass is 9.54. The van der Waals surface area contributed by atoms with Crippen molar-refractivity contribution in [2.24, 2.45) is 23.7 Å². The van der Waals surface area contributed by atoms with Crippen LogP contribution in [0.1, 0.15) is 51.5 Å². The maximum atomic E-state index is 13.3. The van der Waals surface area contributed by atoms with Gasteiger partial charge in [-0.1, -0.05) is 0 Å². The Morgan fingerprint density at radius 1 is 0.968 bits per heavy atom. The number of anilines is 1. The van der Waals surface area contributed by atoms with E-state index in [1.54, 1.807) is 0 Å². The molecule has 1 amide bonds. The van der Waals surface area contributed by atoms with E-state index in [9.17, 15) is 26.4 Å². The highest BCUT2D eigenvalue weighted by Crippen LogP contribution is 2.53. The number of rotatable bonds is 5. The van der Waals surface area contributed by atoms with Crippen LogP contribution in [0, 0.1) is 23.7 Å². The zero-order valence-electron chi connectivity index (χ0n) is 17.9. The molecule has 0 aromatic heterocycles. The van der Waals surface area contributed by atoms with Crippen molar-refractivity contribution in [1.29, 1.82) is 0 Å². The molecule has 4 aliphatic carbocycles. The number of nitrogens with one attached hydrogen (secondary N) is 1. The normalized spacial score (nSPS) is 30.3. The minimum Gasteiger partial charge on any atom is -0.351 e. The van der Waals surface area contributed by atoms with Crippen LogP contribution in [0.4, 0.5) is 18.9 Å². The number of alkyl halides is 3. The smallest absolute Gasteiger partial charge is 0.351 e. The highest BCUT2D eigenvalue weighted by atomic mass is 32.2. The molecule has 1 N–H and O–H groups in total. The zero-order valence-corrected chi connectivity index (χ0v) is 18.8. The largest absolute Gasteiger partial charge is 0.416 e. The second-order valence-electron chi connectivity index (χ2n) is 10.1. The molecule has 5 rings (SSSR count). The summed E-state index contributed by atoms with van der Waals surface area (Å²) in [6, 6.07) is 3.90. The summed E-state index contributed by atoms with van der Waals surface area (Å²) >= 11 is 0. The number of benzene rings is 1. The van der Waals surface area contributed by atoms with Gasteiger partial charge in [0.1, 0.15) is 5.54 Å². The molecule has 31 heavy (non-hydrogen) atoms. The van der Waals surface area contributed by atoms with Crippen LogP contribution in [0.5, 0.6) is 0 Å². The van der Waals surface area contributed by atoms with Gasteiger partial charge >= 0.3 is 6.18 Å². The molecular weight excluding hydrogens is 429 g/mol. The van der Waals surface area contributed by atoms with Crippen molar-refractivity contribution in [1.82, 2.24) is 5.32 Å². The molecule has 1 aromatic carbocycles.